The van der Waals surface area contributed by atoms with E-state index in [9.17, 15) is 0 Å². The second-order valence-corrected chi connectivity index (χ2v) is 3.15. The first-order valence-electron chi connectivity index (χ1n) is 4.50. The summed E-state index contributed by atoms with van der Waals surface area (Å²) in [5.41, 5.74) is 1.78. The van der Waals surface area contributed by atoms with E-state index in [1.165, 1.54) is 4.90 Å². The van der Waals surface area contributed by atoms with Gasteiger partial charge in [-0.3, -0.25) is 4.90 Å². The molecule has 0 spiro atoms. The van der Waals surface area contributed by atoms with Crippen LogP contribution >= 0.6 is 0 Å². The molecule has 0 amide bonds. The predicted molar refractivity (Wildman–Crippen MR) is 58.3 cm³/mol. The second-order valence-electron chi connectivity index (χ2n) is 3.15. The van der Waals surface area contributed by atoms with Gasteiger partial charge in [-0.15, -0.1) is 0 Å². The van der Waals surface area contributed by atoms with Gasteiger partial charge >= 0.3 is 0 Å². The van der Waals surface area contributed by atoms with Crippen LogP contribution in [0.4, 0.5) is 5.69 Å². The van der Waals surface area contributed by atoms with E-state index in [0.717, 1.165) is 11.3 Å². The normalized spacial score (nSPS) is 9.27. The van der Waals surface area contributed by atoms with E-state index >= 15 is 0 Å². The molecule has 0 aromatic heterocycles. The summed E-state index contributed by atoms with van der Waals surface area (Å²) in [4.78, 5) is 1.48. The van der Waals surface area contributed by atoms with Crippen molar-refractivity contribution in [2.75, 3.05) is 26.2 Å². The molecule has 0 atom stereocenters. The molecule has 0 unspecified atom stereocenters. The number of hydrogen-bond acceptors (Lipinski definition) is 4. The first-order valence-corrected chi connectivity index (χ1v) is 4.50. The zero-order valence-corrected chi connectivity index (χ0v) is 9.37. The monoisotopic (exact) mass is 206 g/mol. The zero-order valence-electron chi connectivity index (χ0n) is 9.37. The van der Waals surface area contributed by atoms with E-state index in [4.69, 9.17) is 14.7 Å². The average Bonchev–Trinajstić information content (AvgIpc) is 2.27. The molecule has 0 aliphatic rings. The first-order chi connectivity index (χ1) is 7.13. The summed E-state index contributed by atoms with van der Waals surface area (Å²) in [6.45, 7) is 1.92. The third kappa shape index (κ3) is 2.13. The highest BCUT2D eigenvalue weighted by molar-refractivity contribution is 5.63. The Morgan fingerprint density at radius 2 is 1.73 bits per heavy atom. The van der Waals surface area contributed by atoms with E-state index in [0.29, 0.717) is 11.5 Å². The summed E-state index contributed by atoms with van der Waals surface area (Å²) in [5.74, 6) is 1.30. The number of methoxy groups -OCH3 is 2. The smallest absolute Gasteiger partial charge is 0.184 e. The summed E-state index contributed by atoms with van der Waals surface area (Å²) >= 11 is 0. The molecule has 0 bridgehead atoms. The zero-order chi connectivity index (χ0) is 11.4. The summed E-state index contributed by atoms with van der Waals surface area (Å²) in [6, 6.07) is 3.64. The standard InChI is InChI=1S/C11H14N2O2/c1-8-5-10(14-3)11(15-4)6-9(8)13(2)7-12/h5-6H,1-4H3. The van der Waals surface area contributed by atoms with Gasteiger partial charge < -0.3 is 9.47 Å². The Labute approximate surface area is 89.6 Å². The van der Waals surface area contributed by atoms with Gasteiger partial charge in [0, 0.05) is 13.1 Å². The van der Waals surface area contributed by atoms with Crippen LogP contribution in [0.2, 0.25) is 0 Å². The van der Waals surface area contributed by atoms with Crippen molar-refractivity contribution < 1.29 is 9.47 Å². The number of nitrogens with zero attached hydrogens (tertiary/aromatic N) is 2. The number of anilines is 1. The molecule has 0 N–H and O–H groups in total. The van der Waals surface area contributed by atoms with Gasteiger partial charge in [0.15, 0.2) is 17.7 Å². The Morgan fingerprint density at radius 3 is 2.20 bits per heavy atom. The largest absolute Gasteiger partial charge is 0.493 e. The minimum absolute atomic E-state index is 0.625. The van der Waals surface area contributed by atoms with Crippen LogP contribution in [0.3, 0.4) is 0 Å². The highest BCUT2D eigenvalue weighted by atomic mass is 16.5. The predicted octanol–water partition coefficient (Wildman–Crippen LogP) is 1.93. The minimum atomic E-state index is 0.625. The van der Waals surface area contributed by atoms with E-state index in [1.807, 2.05) is 19.2 Å². The number of benzene rings is 1. The molecule has 0 saturated heterocycles. The molecule has 0 aliphatic carbocycles. The van der Waals surface area contributed by atoms with Gasteiger partial charge in [0.2, 0.25) is 0 Å². The lowest BCUT2D eigenvalue weighted by atomic mass is 10.1. The number of ether oxygens (including phenoxy) is 2. The Bertz CT molecular complexity index is 396. The highest BCUT2D eigenvalue weighted by Crippen LogP contribution is 2.34. The fourth-order valence-corrected chi connectivity index (χ4v) is 1.39. The molecule has 15 heavy (non-hydrogen) atoms. The molecule has 80 valence electrons. The molecule has 1 aromatic carbocycles. The Hall–Kier alpha value is -1.89. The van der Waals surface area contributed by atoms with Crippen LogP contribution in [0, 0.1) is 18.4 Å². The van der Waals surface area contributed by atoms with Crippen LogP contribution < -0.4 is 14.4 Å². The van der Waals surface area contributed by atoms with Crippen molar-refractivity contribution in [3.05, 3.63) is 17.7 Å². The number of rotatable bonds is 3. The van der Waals surface area contributed by atoms with Gasteiger partial charge in [-0.05, 0) is 18.6 Å². The molecule has 0 fully saturated rings. The molecule has 1 rings (SSSR count). The molecule has 4 heteroatoms. The van der Waals surface area contributed by atoms with Crippen molar-refractivity contribution in [3.63, 3.8) is 0 Å². The molecular weight excluding hydrogens is 192 g/mol. The molecular formula is C11H14N2O2. The van der Waals surface area contributed by atoms with Crippen LogP contribution in [0.5, 0.6) is 11.5 Å². The Kier molecular flexibility index (Phi) is 3.40. The topological polar surface area (TPSA) is 45.5 Å². The van der Waals surface area contributed by atoms with Crippen LogP contribution in [0.25, 0.3) is 0 Å². The molecule has 0 radical (unpaired) electrons. The molecule has 0 aliphatic heterocycles. The third-order valence-corrected chi connectivity index (χ3v) is 2.21. The van der Waals surface area contributed by atoms with Crippen molar-refractivity contribution >= 4 is 5.69 Å². The molecule has 0 heterocycles. The number of hydrogen-bond donors (Lipinski definition) is 0. The van der Waals surface area contributed by atoms with Gasteiger partial charge in [0.05, 0.1) is 19.9 Å². The first kappa shape index (κ1) is 11.2. The lowest BCUT2D eigenvalue weighted by molar-refractivity contribution is 0.355. The van der Waals surface area contributed by atoms with Crippen molar-refractivity contribution in [2.24, 2.45) is 0 Å². The molecule has 1 aromatic rings. The van der Waals surface area contributed by atoms with Crippen LogP contribution in [0.15, 0.2) is 12.1 Å². The maximum atomic E-state index is 8.81. The van der Waals surface area contributed by atoms with Crippen LogP contribution in [0.1, 0.15) is 5.56 Å². The fraction of sp³-hybridized carbons (Fsp3) is 0.364. The van der Waals surface area contributed by atoms with Gasteiger partial charge in [-0.2, -0.15) is 5.26 Å². The van der Waals surface area contributed by atoms with E-state index in [1.54, 1.807) is 27.3 Å². The van der Waals surface area contributed by atoms with Crippen molar-refractivity contribution in [3.8, 4) is 17.7 Å². The SMILES string of the molecule is COc1cc(C)c(N(C)C#N)cc1OC. The minimum Gasteiger partial charge on any atom is -0.493 e. The van der Waals surface area contributed by atoms with Gasteiger partial charge in [-0.25, -0.2) is 0 Å². The highest BCUT2D eigenvalue weighted by Gasteiger charge is 2.10. The maximum absolute atomic E-state index is 8.81. The maximum Gasteiger partial charge on any atom is 0.184 e. The number of aryl methyl sites for hydroxylation is 1. The lowest BCUT2D eigenvalue weighted by Crippen LogP contribution is -2.10. The Morgan fingerprint density at radius 1 is 1.20 bits per heavy atom. The van der Waals surface area contributed by atoms with Gasteiger partial charge in [0.1, 0.15) is 0 Å². The number of nitriles is 1. The van der Waals surface area contributed by atoms with Crippen molar-refractivity contribution in [2.45, 2.75) is 6.92 Å². The summed E-state index contributed by atoms with van der Waals surface area (Å²) in [5, 5.41) is 8.81. The third-order valence-electron chi connectivity index (χ3n) is 2.21. The van der Waals surface area contributed by atoms with Crippen LogP contribution in [-0.2, 0) is 0 Å². The lowest BCUT2D eigenvalue weighted by Gasteiger charge is -2.16. The average molecular weight is 206 g/mol. The summed E-state index contributed by atoms with van der Waals surface area (Å²) < 4.78 is 10.3. The molecule has 4 nitrogen and oxygen atoms in total. The molecule has 0 saturated carbocycles. The van der Waals surface area contributed by atoms with Crippen molar-refractivity contribution in [1.29, 1.82) is 5.26 Å². The van der Waals surface area contributed by atoms with E-state index in [-0.39, 0.29) is 0 Å². The Balaban J connectivity index is 3.27. The quantitative estimate of drug-likeness (QED) is 0.560. The summed E-state index contributed by atoms with van der Waals surface area (Å²) in [7, 11) is 4.86. The van der Waals surface area contributed by atoms with Gasteiger partial charge in [-0.1, -0.05) is 0 Å². The van der Waals surface area contributed by atoms with Crippen LogP contribution in [-0.4, -0.2) is 21.3 Å². The second kappa shape index (κ2) is 4.56. The van der Waals surface area contributed by atoms with E-state index in [2.05, 4.69) is 0 Å². The van der Waals surface area contributed by atoms with E-state index < -0.39 is 0 Å². The van der Waals surface area contributed by atoms with Gasteiger partial charge in [0.25, 0.3) is 0 Å². The fourth-order valence-electron chi connectivity index (χ4n) is 1.39. The van der Waals surface area contributed by atoms with Crippen molar-refractivity contribution in [1.82, 2.24) is 0 Å². The summed E-state index contributed by atoms with van der Waals surface area (Å²) in [6.07, 6.45) is 2.05.